The minimum Gasteiger partial charge on any atom is -0.462 e. The lowest BCUT2D eigenvalue weighted by Crippen LogP contribution is -2.30. The third-order valence-corrected chi connectivity index (χ3v) is 18.5. The third-order valence-electron chi connectivity index (χ3n) is 16.6. The lowest BCUT2D eigenvalue weighted by atomic mass is 10.0. The molecule has 5 atom stereocenters. The summed E-state index contributed by atoms with van der Waals surface area (Å²) < 4.78 is 68.3. The fraction of sp³-hybridized carbons (Fsp3) is 0.944. The van der Waals surface area contributed by atoms with Gasteiger partial charge in [0.1, 0.15) is 19.3 Å². The van der Waals surface area contributed by atoms with E-state index >= 15 is 0 Å². The second kappa shape index (κ2) is 62.8. The summed E-state index contributed by atoms with van der Waals surface area (Å²) in [6.07, 6.45) is 47.3. The number of aliphatic hydroxyl groups is 1. The first-order valence-corrected chi connectivity index (χ1v) is 40.3. The number of phosphoric ester groups is 2. The number of carbonyl (C=O) groups excluding carboxylic acids is 4. The van der Waals surface area contributed by atoms with Gasteiger partial charge in [0, 0.05) is 25.7 Å². The molecule has 3 N–H and O–H groups in total. The van der Waals surface area contributed by atoms with Crippen LogP contribution >= 0.6 is 15.6 Å². The van der Waals surface area contributed by atoms with Crippen LogP contribution in [0.3, 0.4) is 0 Å². The predicted octanol–water partition coefficient (Wildman–Crippen LogP) is 20.6. The monoisotopic (exact) mass is 1340 g/mol. The van der Waals surface area contributed by atoms with Crippen molar-refractivity contribution in [3.63, 3.8) is 0 Å². The number of aliphatic hydroxyl groups excluding tert-OH is 1. The second-order valence-electron chi connectivity index (χ2n) is 27.4. The standard InChI is InChI=1S/C72H140O17P2/c1-8-9-10-11-12-13-26-32-41-48-55-71(76)89-68(60-83-70(75)54-47-40-35-34-38-45-52-65(6)7)62-87-91(80,81)85-58-66(73)57-84-90(78,79)86-61-67(59-82-69(74)53-46-39-31-27-22-19-18-21-25-30-37-44-51-64(4)5)88-72(77)56-49-42-33-28-23-17-15-14-16-20-24-29-36-43-50-63(2)3/h63-68,73H,8-62H2,1-7H3,(H,78,79)(H,80,81)/t66-,67-,68-/m1/s1. The van der Waals surface area contributed by atoms with Crippen molar-refractivity contribution in [1.29, 1.82) is 0 Å². The van der Waals surface area contributed by atoms with Crippen LogP contribution in [0.5, 0.6) is 0 Å². The molecular weight excluding hydrogens is 1200 g/mol. The maximum atomic E-state index is 13.0. The number of unbranched alkanes of at least 4 members (excludes halogenated alkanes) is 38. The average Bonchev–Trinajstić information content (AvgIpc) is 3.45. The van der Waals surface area contributed by atoms with Crippen LogP contribution in [0.2, 0.25) is 0 Å². The second-order valence-corrected chi connectivity index (χ2v) is 30.3. The van der Waals surface area contributed by atoms with Crippen molar-refractivity contribution >= 4 is 39.5 Å². The summed E-state index contributed by atoms with van der Waals surface area (Å²) in [5.41, 5.74) is 0. The fourth-order valence-electron chi connectivity index (χ4n) is 10.9. The Morgan fingerprint density at radius 1 is 0.297 bits per heavy atom. The van der Waals surface area contributed by atoms with E-state index in [4.69, 9.17) is 37.0 Å². The topological polar surface area (TPSA) is 237 Å². The van der Waals surface area contributed by atoms with Crippen LogP contribution in [0.25, 0.3) is 0 Å². The summed E-state index contributed by atoms with van der Waals surface area (Å²) >= 11 is 0. The lowest BCUT2D eigenvalue weighted by Gasteiger charge is -2.21. The van der Waals surface area contributed by atoms with E-state index in [0.717, 1.165) is 108 Å². The predicted molar refractivity (Wildman–Crippen MR) is 368 cm³/mol. The summed E-state index contributed by atoms with van der Waals surface area (Å²) in [7, 11) is -9.90. The Morgan fingerprint density at radius 3 is 0.747 bits per heavy atom. The van der Waals surface area contributed by atoms with Gasteiger partial charge in [-0.3, -0.25) is 37.3 Å². The van der Waals surface area contributed by atoms with Crippen LogP contribution in [-0.2, 0) is 65.4 Å². The molecular formula is C72H140O17P2. The van der Waals surface area contributed by atoms with Crippen molar-refractivity contribution in [2.24, 2.45) is 17.8 Å². The molecule has 91 heavy (non-hydrogen) atoms. The first-order valence-electron chi connectivity index (χ1n) is 37.3. The van der Waals surface area contributed by atoms with Crippen molar-refractivity contribution in [3.05, 3.63) is 0 Å². The van der Waals surface area contributed by atoms with E-state index in [1.54, 1.807) is 0 Å². The third kappa shape index (κ3) is 66.5. The summed E-state index contributed by atoms with van der Waals surface area (Å²) in [5, 5.41) is 10.6. The van der Waals surface area contributed by atoms with Crippen molar-refractivity contribution < 1.29 is 80.2 Å². The minimum absolute atomic E-state index is 0.105. The van der Waals surface area contributed by atoms with Crippen LogP contribution in [0.4, 0.5) is 0 Å². The highest BCUT2D eigenvalue weighted by Crippen LogP contribution is 2.45. The van der Waals surface area contributed by atoms with Crippen LogP contribution in [-0.4, -0.2) is 96.7 Å². The lowest BCUT2D eigenvalue weighted by molar-refractivity contribution is -0.161. The van der Waals surface area contributed by atoms with Gasteiger partial charge in [0.05, 0.1) is 26.4 Å². The average molecular weight is 1340 g/mol. The molecule has 0 rings (SSSR count). The summed E-state index contributed by atoms with van der Waals surface area (Å²) in [6, 6.07) is 0. The van der Waals surface area contributed by atoms with Gasteiger partial charge in [-0.1, -0.05) is 312 Å². The van der Waals surface area contributed by atoms with Crippen LogP contribution in [0, 0.1) is 17.8 Å². The Morgan fingerprint density at radius 2 is 0.505 bits per heavy atom. The Labute approximate surface area is 556 Å². The van der Waals surface area contributed by atoms with E-state index in [2.05, 4.69) is 48.5 Å². The zero-order chi connectivity index (χ0) is 67.3. The van der Waals surface area contributed by atoms with E-state index in [0.29, 0.717) is 31.6 Å². The van der Waals surface area contributed by atoms with Gasteiger partial charge in [0.25, 0.3) is 0 Å². The number of esters is 4. The van der Waals surface area contributed by atoms with Crippen LogP contribution < -0.4 is 0 Å². The molecule has 0 heterocycles. The van der Waals surface area contributed by atoms with E-state index < -0.39 is 97.5 Å². The maximum absolute atomic E-state index is 13.0. The van der Waals surface area contributed by atoms with Gasteiger partial charge in [0.2, 0.25) is 0 Å². The van der Waals surface area contributed by atoms with Gasteiger partial charge >= 0.3 is 39.5 Å². The molecule has 0 aromatic heterocycles. The molecule has 17 nitrogen and oxygen atoms in total. The molecule has 0 radical (unpaired) electrons. The quantitative estimate of drug-likeness (QED) is 0.0222. The number of carbonyl (C=O) groups is 4. The van der Waals surface area contributed by atoms with Crippen LogP contribution in [0.1, 0.15) is 363 Å². The Kier molecular flexibility index (Phi) is 61.5. The molecule has 0 saturated heterocycles. The Bertz CT molecular complexity index is 1780. The molecule has 0 bridgehead atoms. The van der Waals surface area contributed by atoms with Crippen molar-refractivity contribution in [2.75, 3.05) is 39.6 Å². The number of hydrogen-bond donors (Lipinski definition) is 3. The smallest absolute Gasteiger partial charge is 0.462 e. The zero-order valence-electron chi connectivity index (χ0n) is 59.3. The van der Waals surface area contributed by atoms with E-state index in [1.165, 1.54) is 167 Å². The van der Waals surface area contributed by atoms with Gasteiger partial charge < -0.3 is 33.8 Å². The van der Waals surface area contributed by atoms with Crippen LogP contribution in [0.15, 0.2) is 0 Å². The summed E-state index contributed by atoms with van der Waals surface area (Å²) in [5.74, 6) is 0.132. The molecule has 0 aromatic carbocycles. The van der Waals surface area contributed by atoms with E-state index in [9.17, 15) is 43.2 Å². The molecule has 0 spiro atoms. The highest BCUT2D eigenvalue weighted by molar-refractivity contribution is 7.47. The molecule has 0 aliphatic heterocycles. The first-order chi connectivity index (χ1) is 43.7. The van der Waals surface area contributed by atoms with Crippen molar-refractivity contribution in [2.45, 2.75) is 381 Å². The molecule has 0 aliphatic rings. The fourth-order valence-corrected chi connectivity index (χ4v) is 12.5. The Balaban J connectivity index is 5.22. The number of rotatable bonds is 70. The summed E-state index contributed by atoms with van der Waals surface area (Å²) in [4.78, 5) is 72.6. The molecule has 0 aliphatic carbocycles. The molecule has 19 heteroatoms. The van der Waals surface area contributed by atoms with Crippen molar-refractivity contribution in [1.82, 2.24) is 0 Å². The molecule has 0 fully saturated rings. The van der Waals surface area contributed by atoms with E-state index in [1.807, 2.05) is 0 Å². The molecule has 0 saturated carbocycles. The SMILES string of the molecule is CCCCCCCCCCCCC(=O)O[C@H](COC(=O)CCCCCCCCC(C)C)COP(=O)(O)OC[C@H](O)COP(=O)(O)OC[C@@H](COC(=O)CCCCCCCCCCCCCCC(C)C)OC(=O)CCCCCCCCCCCCCCCCC(C)C. The highest BCUT2D eigenvalue weighted by atomic mass is 31.2. The van der Waals surface area contributed by atoms with Gasteiger partial charge in [-0.15, -0.1) is 0 Å². The normalized spacial score (nSPS) is 14.2. The maximum Gasteiger partial charge on any atom is 0.472 e. The van der Waals surface area contributed by atoms with Gasteiger partial charge in [-0.25, -0.2) is 9.13 Å². The zero-order valence-corrected chi connectivity index (χ0v) is 61.1. The number of ether oxygens (including phenoxy) is 4. The number of phosphoric acid groups is 2. The minimum atomic E-state index is -4.95. The summed E-state index contributed by atoms with van der Waals surface area (Å²) in [6.45, 7) is 11.8. The van der Waals surface area contributed by atoms with E-state index in [-0.39, 0.29) is 25.7 Å². The first kappa shape index (κ1) is 89.1. The molecule has 0 amide bonds. The van der Waals surface area contributed by atoms with Gasteiger partial charge in [-0.2, -0.15) is 0 Å². The molecule has 0 aromatic rings. The van der Waals surface area contributed by atoms with Gasteiger partial charge in [0.15, 0.2) is 12.2 Å². The molecule has 540 valence electrons. The Hall–Kier alpha value is -1.94. The van der Waals surface area contributed by atoms with Crippen molar-refractivity contribution in [3.8, 4) is 0 Å². The number of hydrogen-bond acceptors (Lipinski definition) is 15. The molecule has 2 unspecified atom stereocenters. The largest absolute Gasteiger partial charge is 0.472 e. The van der Waals surface area contributed by atoms with Gasteiger partial charge in [-0.05, 0) is 43.4 Å². The highest BCUT2D eigenvalue weighted by Gasteiger charge is 2.30.